The molecule has 5 nitrogen and oxygen atoms in total. The molecule has 0 unspecified atom stereocenters. The van der Waals surface area contributed by atoms with Crippen molar-refractivity contribution in [1.29, 1.82) is 0 Å². The number of carboxylic acids is 1. The molecule has 0 aromatic heterocycles. The van der Waals surface area contributed by atoms with Crippen molar-refractivity contribution in [3.63, 3.8) is 0 Å². The van der Waals surface area contributed by atoms with Crippen LogP contribution in [-0.4, -0.2) is 39.6 Å². The first-order valence-corrected chi connectivity index (χ1v) is 5.72. The van der Waals surface area contributed by atoms with E-state index in [-0.39, 0.29) is 17.4 Å². The Labute approximate surface area is 110 Å². The lowest BCUT2D eigenvalue weighted by Crippen LogP contribution is -2.40. The molecule has 18 heavy (non-hydrogen) atoms. The topological polar surface area (TPSA) is 77.8 Å². The number of carbonyl (C=O) groups excluding carboxylic acids is 1. The van der Waals surface area contributed by atoms with Gasteiger partial charge in [0.15, 0.2) is 0 Å². The summed E-state index contributed by atoms with van der Waals surface area (Å²) in [4.78, 5) is 24.0. The number of halogens is 1. The molecule has 0 saturated heterocycles. The van der Waals surface area contributed by atoms with Gasteiger partial charge in [0.2, 0.25) is 0 Å². The second kappa shape index (κ2) is 5.73. The van der Waals surface area contributed by atoms with Crippen molar-refractivity contribution in [2.24, 2.45) is 0 Å². The number of benzene rings is 1. The monoisotopic (exact) mass is 271 g/mol. The van der Waals surface area contributed by atoms with Crippen LogP contribution in [0.2, 0.25) is 5.02 Å². The van der Waals surface area contributed by atoms with E-state index < -0.39 is 18.4 Å². The Morgan fingerprint density at radius 1 is 1.39 bits per heavy atom. The third-order valence-electron chi connectivity index (χ3n) is 2.38. The lowest BCUT2D eigenvalue weighted by molar-refractivity contribution is -0.138. The van der Waals surface area contributed by atoms with Gasteiger partial charge in [0.1, 0.15) is 12.3 Å². The average molecular weight is 272 g/mol. The molecule has 0 aliphatic heterocycles. The number of amides is 1. The van der Waals surface area contributed by atoms with Crippen LogP contribution in [0.3, 0.4) is 0 Å². The Hall–Kier alpha value is -1.75. The quantitative estimate of drug-likeness (QED) is 0.878. The first-order valence-electron chi connectivity index (χ1n) is 5.34. The van der Waals surface area contributed by atoms with Crippen molar-refractivity contribution >= 4 is 23.5 Å². The van der Waals surface area contributed by atoms with E-state index >= 15 is 0 Å². The number of phenolic OH excluding ortho intramolecular Hbond substituents is 1. The van der Waals surface area contributed by atoms with E-state index in [1.165, 1.54) is 18.2 Å². The third-order valence-corrected chi connectivity index (χ3v) is 2.62. The molecule has 0 bridgehead atoms. The van der Waals surface area contributed by atoms with Gasteiger partial charge >= 0.3 is 5.97 Å². The van der Waals surface area contributed by atoms with Crippen LogP contribution in [0.4, 0.5) is 0 Å². The molecule has 2 N–H and O–H groups in total. The van der Waals surface area contributed by atoms with E-state index in [1.807, 2.05) is 0 Å². The van der Waals surface area contributed by atoms with Gasteiger partial charge < -0.3 is 15.1 Å². The van der Waals surface area contributed by atoms with Crippen LogP contribution >= 0.6 is 11.6 Å². The SMILES string of the molecule is CC(C)N(CC(=O)O)C(=O)c1ccc(Cl)cc1O. The predicted molar refractivity (Wildman–Crippen MR) is 66.9 cm³/mol. The minimum Gasteiger partial charge on any atom is -0.507 e. The summed E-state index contributed by atoms with van der Waals surface area (Å²) >= 11 is 5.67. The molecule has 0 atom stereocenters. The summed E-state index contributed by atoms with van der Waals surface area (Å²) in [5.41, 5.74) is 0.0364. The van der Waals surface area contributed by atoms with Crippen molar-refractivity contribution in [2.75, 3.05) is 6.54 Å². The third kappa shape index (κ3) is 3.37. The fraction of sp³-hybridized carbons (Fsp3) is 0.333. The summed E-state index contributed by atoms with van der Waals surface area (Å²) in [6, 6.07) is 3.79. The van der Waals surface area contributed by atoms with Gasteiger partial charge in [-0.3, -0.25) is 9.59 Å². The number of aliphatic carboxylic acids is 1. The van der Waals surface area contributed by atoms with Gasteiger partial charge in [0.25, 0.3) is 5.91 Å². The second-order valence-corrected chi connectivity index (χ2v) is 4.52. The minimum absolute atomic E-state index is 0.0364. The summed E-state index contributed by atoms with van der Waals surface area (Å²) in [7, 11) is 0. The van der Waals surface area contributed by atoms with Crippen molar-refractivity contribution in [3.05, 3.63) is 28.8 Å². The Kier molecular flexibility index (Phi) is 4.55. The molecule has 0 heterocycles. The van der Waals surface area contributed by atoms with Crippen LogP contribution in [-0.2, 0) is 4.79 Å². The van der Waals surface area contributed by atoms with E-state index in [2.05, 4.69) is 0 Å². The summed E-state index contributed by atoms with van der Waals surface area (Å²) in [5.74, 6) is -1.91. The van der Waals surface area contributed by atoms with Crippen LogP contribution in [0, 0.1) is 0 Å². The first kappa shape index (κ1) is 14.3. The predicted octanol–water partition coefficient (Wildman–Crippen LogP) is 1.98. The van der Waals surface area contributed by atoms with E-state index in [0.29, 0.717) is 5.02 Å². The molecule has 6 heteroatoms. The molecule has 98 valence electrons. The zero-order valence-corrected chi connectivity index (χ0v) is 10.8. The Morgan fingerprint density at radius 3 is 2.44 bits per heavy atom. The van der Waals surface area contributed by atoms with Crippen LogP contribution in [0.15, 0.2) is 18.2 Å². The van der Waals surface area contributed by atoms with Gasteiger partial charge in [-0.05, 0) is 32.0 Å². The lowest BCUT2D eigenvalue weighted by atomic mass is 10.1. The van der Waals surface area contributed by atoms with E-state index in [1.54, 1.807) is 13.8 Å². The van der Waals surface area contributed by atoms with Gasteiger partial charge in [-0.2, -0.15) is 0 Å². The maximum Gasteiger partial charge on any atom is 0.323 e. The van der Waals surface area contributed by atoms with Gasteiger partial charge in [0, 0.05) is 11.1 Å². The minimum atomic E-state index is -1.11. The standard InChI is InChI=1S/C12H14ClNO4/c1-7(2)14(6-11(16)17)12(18)9-4-3-8(13)5-10(9)15/h3-5,7,15H,6H2,1-2H3,(H,16,17). The highest BCUT2D eigenvalue weighted by atomic mass is 35.5. The van der Waals surface area contributed by atoms with Crippen LogP contribution < -0.4 is 0 Å². The van der Waals surface area contributed by atoms with Gasteiger partial charge in [-0.15, -0.1) is 0 Å². The zero-order chi connectivity index (χ0) is 13.9. The second-order valence-electron chi connectivity index (χ2n) is 4.08. The number of carbonyl (C=O) groups is 2. The van der Waals surface area contributed by atoms with E-state index in [4.69, 9.17) is 16.7 Å². The summed E-state index contributed by atoms with van der Waals surface area (Å²) in [6.45, 7) is 2.99. The molecular formula is C12H14ClNO4. The van der Waals surface area contributed by atoms with Gasteiger partial charge in [-0.1, -0.05) is 11.6 Å². The van der Waals surface area contributed by atoms with Crippen LogP contribution in [0.25, 0.3) is 0 Å². The van der Waals surface area contributed by atoms with E-state index in [9.17, 15) is 14.7 Å². The summed E-state index contributed by atoms with van der Waals surface area (Å²) in [5, 5.41) is 18.7. The molecule has 1 aromatic rings. The average Bonchev–Trinajstić information content (AvgIpc) is 2.24. The smallest absolute Gasteiger partial charge is 0.323 e. The molecule has 0 saturated carbocycles. The number of carboxylic acid groups (broad SMARTS) is 1. The summed E-state index contributed by atoms with van der Waals surface area (Å²) < 4.78 is 0. The summed E-state index contributed by atoms with van der Waals surface area (Å²) in [6.07, 6.45) is 0. The number of rotatable bonds is 4. The normalized spacial score (nSPS) is 10.4. The maximum absolute atomic E-state index is 12.1. The van der Waals surface area contributed by atoms with Crippen molar-refractivity contribution < 1.29 is 19.8 Å². The number of hydrogen-bond acceptors (Lipinski definition) is 3. The van der Waals surface area contributed by atoms with Crippen LogP contribution in [0.1, 0.15) is 24.2 Å². The fourth-order valence-corrected chi connectivity index (χ4v) is 1.64. The van der Waals surface area contributed by atoms with Gasteiger partial charge in [0.05, 0.1) is 5.56 Å². The molecular weight excluding hydrogens is 258 g/mol. The highest BCUT2D eigenvalue weighted by Crippen LogP contribution is 2.23. The Balaban J connectivity index is 3.05. The van der Waals surface area contributed by atoms with Crippen molar-refractivity contribution in [2.45, 2.75) is 19.9 Å². The first-order chi connectivity index (χ1) is 8.32. The number of phenols is 1. The van der Waals surface area contributed by atoms with E-state index in [0.717, 1.165) is 4.90 Å². The van der Waals surface area contributed by atoms with Gasteiger partial charge in [-0.25, -0.2) is 0 Å². The zero-order valence-electron chi connectivity index (χ0n) is 10.1. The number of aromatic hydroxyl groups is 1. The van der Waals surface area contributed by atoms with Crippen LogP contribution in [0.5, 0.6) is 5.75 Å². The molecule has 0 fully saturated rings. The molecule has 0 aliphatic carbocycles. The number of hydrogen-bond donors (Lipinski definition) is 2. The molecule has 0 aliphatic rings. The Morgan fingerprint density at radius 2 is 2.00 bits per heavy atom. The molecule has 1 aromatic carbocycles. The Bertz CT molecular complexity index is 473. The van der Waals surface area contributed by atoms with Crippen molar-refractivity contribution in [1.82, 2.24) is 4.90 Å². The largest absolute Gasteiger partial charge is 0.507 e. The lowest BCUT2D eigenvalue weighted by Gasteiger charge is -2.25. The maximum atomic E-state index is 12.1. The highest BCUT2D eigenvalue weighted by molar-refractivity contribution is 6.30. The number of nitrogens with zero attached hydrogens (tertiary/aromatic N) is 1. The van der Waals surface area contributed by atoms with Crippen molar-refractivity contribution in [3.8, 4) is 5.75 Å². The molecule has 1 amide bonds. The molecule has 0 spiro atoms. The fourth-order valence-electron chi connectivity index (χ4n) is 1.47. The molecule has 1 rings (SSSR count). The highest BCUT2D eigenvalue weighted by Gasteiger charge is 2.23. The molecule has 0 radical (unpaired) electrons.